The highest BCUT2D eigenvalue weighted by Crippen LogP contribution is 2.46. The van der Waals surface area contributed by atoms with E-state index in [9.17, 15) is 10.2 Å². The quantitative estimate of drug-likeness (QED) is 0.437. The van der Waals surface area contributed by atoms with Crippen LogP contribution >= 0.6 is 11.3 Å². The van der Waals surface area contributed by atoms with E-state index in [1.165, 1.54) is 17.7 Å². The van der Waals surface area contributed by atoms with Crippen molar-refractivity contribution >= 4 is 27.4 Å². The number of rotatable bonds is 4. The zero-order chi connectivity index (χ0) is 16.6. The molecule has 0 bridgehead atoms. The van der Waals surface area contributed by atoms with Crippen molar-refractivity contribution in [1.82, 2.24) is 9.97 Å². The monoisotopic (exact) mass is 336 g/mol. The summed E-state index contributed by atoms with van der Waals surface area (Å²) in [5, 5.41) is 25.7. The van der Waals surface area contributed by atoms with E-state index in [2.05, 4.69) is 20.0 Å². The van der Waals surface area contributed by atoms with Gasteiger partial charge in [-0.05, 0) is 17.3 Å². The van der Waals surface area contributed by atoms with Gasteiger partial charge in [0.2, 0.25) is 0 Å². The number of aliphatic hydroxyl groups is 2. The first-order valence-electron chi connectivity index (χ1n) is 7.06. The normalized spacial score (nSPS) is 30.5. The van der Waals surface area contributed by atoms with E-state index in [0.29, 0.717) is 28.0 Å². The Kier molecular flexibility index (Phi) is 4.09. The van der Waals surface area contributed by atoms with Gasteiger partial charge in [0, 0.05) is 10.5 Å². The van der Waals surface area contributed by atoms with Crippen LogP contribution in [-0.4, -0.2) is 44.5 Å². The molecule has 122 valence electrons. The molecule has 0 saturated carbocycles. The van der Waals surface area contributed by atoms with Crippen molar-refractivity contribution in [1.29, 1.82) is 0 Å². The van der Waals surface area contributed by atoms with Gasteiger partial charge >= 0.3 is 0 Å². The summed E-state index contributed by atoms with van der Waals surface area (Å²) in [6, 6.07) is -0.860. The van der Waals surface area contributed by atoms with Crippen LogP contribution in [0.3, 0.4) is 0 Å². The first kappa shape index (κ1) is 15.9. The zero-order valence-corrected chi connectivity index (χ0v) is 13.1. The van der Waals surface area contributed by atoms with Gasteiger partial charge in [-0.2, -0.15) is 0 Å². The fourth-order valence-electron chi connectivity index (χ4n) is 2.92. The number of aromatic nitrogens is 2. The second-order valence-corrected chi connectivity index (χ2v) is 6.26. The zero-order valence-electron chi connectivity index (χ0n) is 12.3. The number of azide groups is 1. The molecule has 3 rings (SSSR count). The first-order valence-corrected chi connectivity index (χ1v) is 7.94. The molecule has 3 heterocycles. The van der Waals surface area contributed by atoms with Gasteiger partial charge in [-0.3, -0.25) is 0 Å². The number of nitrogen functional groups attached to an aromatic ring is 1. The fraction of sp³-hybridized carbons (Fsp3) is 0.538. The van der Waals surface area contributed by atoms with E-state index in [1.807, 2.05) is 0 Å². The molecule has 4 atom stereocenters. The molecule has 1 unspecified atom stereocenters. The average Bonchev–Trinajstić information content (AvgIpc) is 3.10. The Hall–Kier alpha value is -1.97. The molecule has 0 aliphatic carbocycles. The Morgan fingerprint density at radius 3 is 3.00 bits per heavy atom. The van der Waals surface area contributed by atoms with E-state index in [-0.39, 0.29) is 6.61 Å². The molecule has 0 radical (unpaired) electrons. The van der Waals surface area contributed by atoms with E-state index in [0.717, 1.165) is 0 Å². The highest BCUT2D eigenvalue weighted by atomic mass is 32.1. The number of hydrogen-bond donors (Lipinski definition) is 3. The third-order valence-corrected chi connectivity index (χ3v) is 5.31. The number of anilines is 1. The van der Waals surface area contributed by atoms with Crippen LogP contribution in [0.25, 0.3) is 20.7 Å². The lowest BCUT2D eigenvalue weighted by Gasteiger charge is -2.28. The second-order valence-electron chi connectivity index (χ2n) is 5.38. The predicted octanol–water partition coefficient (Wildman–Crippen LogP) is 1.53. The predicted molar refractivity (Wildman–Crippen MR) is 84.7 cm³/mol. The van der Waals surface area contributed by atoms with Crippen LogP contribution in [0.15, 0.2) is 16.8 Å². The van der Waals surface area contributed by atoms with Crippen molar-refractivity contribution in [3.05, 3.63) is 27.7 Å². The Morgan fingerprint density at radius 1 is 1.57 bits per heavy atom. The maximum Gasteiger partial charge on any atom is 0.144 e. The standard InChI is InChI=1S/C13H16N6O3S/c1-2-13(4-20)11(21)8(18-19-15)9(22-13)6-3-23-10-7(6)16-5-17-12(10)14/h3,5,8-9,11,20-21H,2,4H2,1H3,(H2,14,16,17)/t8?,9-,11-,13+/m0/s1. The molecule has 10 heteroatoms. The van der Waals surface area contributed by atoms with Crippen molar-refractivity contribution < 1.29 is 14.9 Å². The lowest BCUT2D eigenvalue weighted by molar-refractivity contribution is -0.113. The van der Waals surface area contributed by atoms with Gasteiger partial charge in [0.1, 0.15) is 17.7 Å². The number of fused-ring (bicyclic) bond motifs is 1. The minimum Gasteiger partial charge on any atom is -0.393 e. The van der Waals surface area contributed by atoms with Crippen LogP contribution < -0.4 is 5.73 Å². The number of thiophene rings is 1. The van der Waals surface area contributed by atoms with Gasteiger partial charge in [0.15, 0.2) is 0 Å². The summed E-state index contributed by atoms with van der Waals surface area (Å²) >= 11 is 1.36. The molecule has 23 heavy (non-hydrogen) atoms. The summed E-state index contributed by atoms with van der Waals surface area (Å²) < 4.78 is 6.66. The van der Waals surface area contributed by atoms with Crippen molar-refractivity contribution in [2.45, 2.75) is 37.2 Å². The fourth-order valence-corrected chi connectivity index (χ4v) is 3.87. The summed E-state index contributed by atoms with van der Waals surface area (Å²) in [4.78, 5) is 11.0. The molecule has 0 spiro atoms. The maximum absolute atomic E-state index is 10.5. The van der Waals surface area contributed by atoms with Crippen molar-refractivity contribution in [2.75, 3.05) is 12.3 Å². The summed E-state index contributed by atoms with van der Waals surface area (Å²) in [6.45, 7) is 1.42. The second kappa shape index (κ2) is 5.91. The smallest absolute Gasteiger partial charge is 0.144 e. The maximum atomic E-state index is 10.5. The average molecular weight is 336 g/mol. The van der Waals surface area contributed by atoms with Crippen molar-refractivity contribution in [3.8, 4) is 0 Å². The molecule has 1 saturated heterocycles. The summed E-state index contributed by atoms with van der Waals surface area (Å²) in [7, 11) is 0. The molecule has 2 aromatic rings. The largest absolute Gasteiger partial charge is 0.393 e. The third kappa shape index (κ3) is 2.32. The lowest BCUT2D eigenvalue weighted by atomic mass is 9.90. The number of ether oxygens (including phenoxy) is 1. The number of nitrogens with zero attached hydrogens (tertiary/aromatic N) is 5. The van der Waals surface area contributed by atoms with Crippen LogP contribution in [0.2, 0.25) is 0 Å². The minimum atomic E-state index is -1.17. The molecule has 1 fully saturated rings. The van der Waals surface area contributed by atoms with Gasteiger partial charge in [0.25, 0.3) is 0 Å². The number of hydrogen-bond acceptors (Lipinski definition) is 8. The van der Waals surface area contributed by atoms with Gasteiger partial charge in [-0.25, -0.2) is 9.97 Å². The van der Waals surface area contributed by atoms with Gasteiger partial charge < -0.3 is 20.7 Å². The first-order chi connectivity index (χ1) is 11.1. The SMILES string of the molecule is CC[C@]1(CO)O[C@@H](c2csc3c(N)ncnc23)C(N=[N+]=[N-])[C@@H]1O. The van der Waals surface area contributed by atoms with E-state index >= 15 is 0 Å². The van der Waals surface area contributed by atoms with Crippen LogP contribution in [0.1, 0.15) is 25.0 Å². The summed E-state index contributed by atoms with van der Waals surface area (Å²) in [5.41, 5.74) is 14.8. The van der Waals surface area contributed by atoms with E-state index in [4.69, 9.17) is 16.0 Å². The lowest BCUT2D eigenvalue weighted by Crippen LogP contribution is -2.45. The third-order valence-electron chi connectivity index (χ3n) is 4.30. The highest BCUT2D eigenvalue weighted by molar-refractivity contribution is 7.17. The molecule has 4 N–H and O–H groups in total. The van der Waals surface area contributed by atoms with E-state index in [1.54, 1.807) is 12.3 Å². The molecular weight excluding hydrogens is 320 g/mol. The molecule has 1 aliphatic heterocycles. The van der Waals surface area contributed by atoms with Crippen LogP contribution in [0.5, 0.6) is 0 Å². The van der Waals surface area contributed by atoms with Crippen molar-refractivity contribution in [2.24, 2.45) is 5.11 Å². The van der Waals surface area contributed by atoms with Gasteiger partial charge in [-0.1, -0.05) is 12.0 Å². The van der Waals surface area contributed by atoms with Gasteiger partial charge in [0.05, 0.1) is 35.1 Å². The Balaban J connectivity index is 2.12. The molecule has 0 aromatic carbocycles. The van der Waals surface area contributed by atoms with Crippen molar-refractivity contribution in [3.63, 3.8) is 0 Å². The number of aliphatic hydroxyl groups excluding tert-OH is 2. The molecular formula is C13H16N6O3S. The summed E-state index contributed by atoms with van der Waals surface area (Å²) in [5.74, 6) is 0.356. The topological polar surface area (TPSA) is 150 Å². The van der Waals surface area contributed by atoms with Crippen LogP contribution in [-0.2, 0) is 4.74 Å². The summed E-state index contributed by atoms with van der Waals surface area (Å²) in [6.07, 6.45) is -0.109. The van der Waals surface area contributed by atoms with Crippen LogP contribution in [0.4, 0.5) is 5.82 Å². The highest BCUT2D eigenvalue weighted by Gasteiger charge is 2.54. The van der Waals surface area contributed by atoms with Crippen LogP contribution in [0, 0.1) is 0 Å². The Morgan fingerprint density at radius 2 is 2.35 bits per heavy atom. The molecule has 9 nitrogen and oxygen atoms in total. The Labute approximate surface area is 135 Å². The Bertz CT molecular complexity index is 770. The van der Waals surface area contributed by atoms with E-state index < -0.39 is 23.9 Å². The minimum absolute atomic E-state index is 0.356. The number of nitrogens with two attached hydrogens (primary N) is 1. The molecule has 1 aliphatic rings. The molecule has 2 aromatic heterocycles. The van der Waals surface area contributed by atoms with Gasteiger partial charge in [-0.15, -0.1) is 11.3 Å². The molecule has 0 amide bonds.